The van der Waals surface area contributed by atoms with Crippen LogP contribution in [0.4, 0.5) is 19.3 Å². The minimum Gasteiger partial charge on any atom is -0.456 e. The Morgan fingerprint density at radius 3 is 2.47 bits per heavy atom. The summed E-state index contributed by atoms with van der Waals surface area (Å²) in [7, 11) is 0. The van der Waals surface area contributed by atoms with Crippen LogP contribution in [0.25, 0.3) is 5.57 Å². The number of amides is 3. The number of esters is 1. The van der Waals surface area contributed by atoms with Gasteiger partial charge in [-0.3, -0.25) is 19.3 Å². The lowest BCUT2D eigenvalue weighted by Crippen LogP contribution is -2.37. The highest BCUT2D eigenvalue weighted by atomic mass is 19.1. The summed E-state index contributed by atoms with van der Waals surface area (Å²) >= 11 is 0. The van der Waals surface area contributed by atoms with Gasteiger partial charge in [0.1, 0.15) is 17.7 Å². The molecule has 1 aromatic rings. The minimum absolute atomic E-state index is 0.00803. The normalized spacial score (nSPS) is 18.2. The topological polar surface area (TPSA) is 105 Å². The van der Waals surface area contributed by atoms with Crippen LogP contribution in [0, 0.1) is 11.6 Å². The van der Waals surface area contributed by atoms with Gasteiger partial charge in [0.2, 0.25) is 5.91 Å². The summed E-state index contributed by atoms with van der Waals surface area (Å²) in [6.07, 6.45) is 0.368. The van der Waals surface area contributed by atoms with Gasteiger partial charge < -0.3 is 19.7 Å². The van der Waals surface area contributed by atoms with Crippen molar-refractivity contribution >= 4 is 35.1 Å². The van der Waals surface area contributed by atoms with Gasteiger partial charge in [-0.05, 0) is 24.1 Å². The number of benzene rings is 1. The first-order valence-corrected chi connectivity index (χ1v) is 9.98. The largest absolute Gasteiger partial charge is 0.456 e. The van der Waals surface area contributed by atoms with E-state index in [0.717, 1.165) is 17.0 Å². The number of carbonyl (C=O) groups excluding carboxylic acids is 4. The van der Waals surface area contributed by atoms with E-state index < -0.39 is 35.7 Å². The first kappa shape index (κ1) is 23.2. The molecule has 1 aromatic carbocycles. The van der Waals surface area contributed by atoms with Crippen LogP contribution in [0.1, 0.15) is 25.8 Å². The van der Waals surface area contributed by atoms with E-state index in [0.29, 0.717) is 5.57 Å². The number of cyclic esters (lactones) is 1. The molecule has 3 amide bonds. The van der Waals surface area contributed by atoms with Crippen molar-refractivity contribution in [2.75, 3.05) is 37.7 Å². The predicted octanol–water partition coefficient (Wildman–Crippen LogP) is 1.60. The number of nitrogens with zero attached hydrogens (tertiary/aromatic N) is 2. The third kappa shape index (κ3) is 5.40. The molecule has 1 atom stereocenters. The highest BCUT2D eigenvalue weighted by Gasteiger charge is 2.33. The Labute approximate surface area is 182 Å². The second kappa shape index (κ2) is 9.75. The Morgan fingerprint density at radius 2 is 1.91 bits per heavy atom. The molecule has 1 saturated heterocycles. The fourth-order valence-corrected chi connectivity index (χ4v) is 3.50. The molecule has 0 bridgehead atoms. The molecule has 2 aliphatic heterocycles. The number of carbonyl (C=O) groups is 4. The van der Waals surface area contributed by atoms with E-state index in [-0.39, 0.29) is 56.4 Å². The summed E-state index contributed by atoms with van der Waals surface area (Å²) in [5.74, 6) is -2.94. The fourth-order valence-electron chi connectivity index (χ4n) is 3.50. The van der Waals surface area contributed by atoms with Crippen LogP contribution in [0.3, 0.4) is 0 Å². The molecule has 9 nitrogen and oxygen atoms in total. The highest BCUT2D eigenvalue weighted by Crippen LogP contribution is 2.32. The Morgan fingerprint density at radius 1 is 1.22 bits per heavy atom. The van der Waals surface area contributed by atoms with Gasteiger partial charge in [0.15, 0.2) is 6.61 Å². The van der Waals surface area contributed by atoms with Gasteiger partial charge >= 0.3 is 12.1 Å². The summed E-state index contributed by atoms with van der Waals surface area (Å²) in [4.78, 5) is 48.5. The summed E-state index contributed by atoms with van der Waals surface area (Å²) < 4.78 is 39.5. The highest BCUT2D eigenvalue weighted by molar-refractivity contribution is 5.90. The van der Waals surface area contributed by atoms with Crippen LogP contribution >= 0.6 is 0 Å². The number of hydrogen-bond donors (Lipinski definition) is 1. The maximum Gasteiger partial charge on any atom is 0.414 e. The number of rotatable bonds is 6. The minimum atomic E-state index is -0.843. The van der Waals surface area contributed by atoms with Crippen LogP contribution in [0.5, 0.6) is 0 Å². The number of ether oxygens (including phenoxy) is 2. The Bertz CT molecular complexity index is 957. The van der Waals surface area contributed by atoms with Crippen molar-refractivity contribution in [1.29, 1.82) is 0 Å². The molecule has 0 unspecified atom stereocenters. The van der Waals surface area contributed by atoms with Gasteiger partial charge in [0.05, 0.1) is 18.8 Å². The molecule has 0 spiro atoms. The number of nitrogens with one attached hydrogen (secondary N) is 1. The van der Waals surface area contributed by atoms with Gasteiger partial charge in [0.25, 0.3) is 5.91 Å². The Balaban J connectivity index is 1.70. The number of halogens is 2. The van der Waals surface area contributed by atoms with E-state index in [9.17, 15) is 28.0 Å². The van der Waals surface area contributed by atoms with Crippen LogP contribution in [-0.2, 0) is 23.9 Å². The molecule has 32 heavy (non-hydrogen) atoms. The van der Waals surface area contributed by atoms with Gasteiger partial charge in [-0.15, -0.1) is 0 Å². The fraction of sp³-hybridized carbons (Fsp3) is 0.429. The lowest BCUT2D eigenvalue weighted by molar-refractivity contribution is -0.150. The molecular formula is C21H23F2N3O6. The van der Waals surface area contributed by atoms with E-state index in [1.165, 1.54) is 18.7 Å². The Kier molecular flexibility index (Phi) is 7.06. The van der Waals surface area contributed by atoms with Gasteiger partial charge in [0, 0.05) is 32.5 Å². The molecule has 0 radical (unpaired) electrons. The quantitative estimate of drug-likeness (QED) is 0.659. The maximum atomic E-state index is 14.8. The summed E-state index contributed by atoms with van der Waals surface area (Å²) in [5.41, 5.74) is 0.187. The molecule has 1 N–H and O–H groups in total. The van der Waals surface area contributed by atoms with Crippen molar-refractivity contribution in [1.82, 2.24) is 10.2 Å². The molecule has 11 heteroatoms. The predicted molar refractivity (Wildman–Crippen MR) is 108 cm³/mol. The van der Waals surface area contributed by atoms with Crippen molar-refractivity contribution in [3.8, 4) is 0 Å². The zero-order valence-corrected chi connectivity index (χ0v) is 17.7. The third-order valence-corrected chi connectivity index (χ3v) is 5.07. The van der Waals surface area contributed by atoms with E-state index >= 15 is 0 Å². The van der Waals surface area contributed by atoms with E-state index in [2.05, 4.69) is 10.1 Å². The average molecular weight is 451 g/mol. The van der Waals surface area contributed by atoms with Gasteiger partial charge in [-0.1, -0.05) is 6.08 Å². The van der Waals surface area contributed by atoms with Crippen molar-refractivity contribution < 1.29 is 37.4 Å². The summed E-state index contributed by atoms with van der Waals surface area (Å²) in [6.45, 7) is 2.62. The number of hydrogen-bond acceptors (Lipinski definition) is 6. The molecule has 2 aliphatic rings. The zero-order chi connectivity index (χ0) is 23.4. The molecule has 0 aliphatic carbocycles. The monoisotopic (exact) mass is 451 g/mol. The first-order valence-electron chi connectivity index (χ1n) is 9.98. The van der Waals surface area contributed by atoms with Gasteiger partial charge in [-0.2, -0.15) is 0 Å². The molecule has 2 heterocycles. The molecule has 0 saturated carbocycles. The van der Waals surface area contributed by atoms with Crippen LogP contribution in [0.15, 0.2) is 18.2 Å². The lowest BCUT2D eigenvalue weighted by atomic mass is 9.97. The lowest BCUT2D eigenvalue weighted by Gasteiger charge is -2.27. The third-order valence-electron chi connectivity index (χ3n) is 5.07. The molecule has 172 valence electrons. The van der Waals surface area contributed by atoms with Crippen molar-refractivity contribution in [2.45, 2.75) is 26.4 Å². The van der Waals surface area contributed by atoms with E-state index in [1.54, 1.807) is 6.08 Å². The first-order chi connectivity index (χ1) is 15.2. The summed E-state index contributed by atoms with van der Waals surface area (Å²) in [6, 6.07) is 2.11. The standard InChI is InChI=1S/C21H23F2N3O6/c1-12(27)24-9-16-10-26(21(30)32-16)15-7-17(22)20(18(23)8-15)14-3-5-25(6-4-14)19(29)11-31-13(2)28/h3,7-8,16H,4-6,9-11H2,1-2H3,(H,24,27)/t16-/m0/s1. The van der Waals surface area contributed by atoms with Gasteiger partial charge in [-0.25, -0.2) is 13.6 Å². The average Bonchev–Trinajstić information content (AvgIpc) is 3.11. The summed E-state index contributed by atoms with van der Waals surface area (Å²) in [5, 5.41) is 2.53. The van der Waals surface area contributed by atoms with Crippen molar-refractivity contribution in [3.63, 3.8) is 0 Å². The SMILES string of the molecule is CC(=O)NC[C@H]1CN(c2cc(F)c(C3=CCN(C(=O)COC(C)=O)CC3)c(F)c2)C(=O)O1. The molecule has 3 rings (SSSR count). The molecular weight excluding hydrogens is 428 g/mol. The van der Waals surface area contributed by atoms with E-state index in [4.69, 9.17) is 4.74 Å². The second-order valence-corrected chi connectivity index (χ2v) is 7.44. The number of anilines is 1. The maximum absolute atomic E-state index is 14.8. The Hall–Kier alpha value is -3.50. The van der Waals surface area contributed by atoms with Crippen LogP contribution < -0.4 is 10.2 Å². The molecule has 0 aromatic heterocycles. The van der Waals surface area contributed by atoms with E-state index in [1.807, 2.05) is 0 Å². The van der Waals surface area contributed by atoms with Crippen molar-refractivity contribution in [3.05, 3.63) is 35.4 Å². The zero-order valence-electron chi connectivity index (χ0n) is 17.7. The van der Waals surface area contributed by atoms with Crippen LogP contribution in [0.2, 0.25) is 0 Å². The van der Waals surface area contributed by atoms with Crippen LogP contribution in [-0.4, -0.2) is 67.7 Å². The second-order valence-electron chi connectivity index (χ2n) is 7.44. The molecule has 1 fully saturated rings. The smallest absolute Gasteiger partial charge is 0.414 e. The van der Waals surface area contributed by atoms with Crippen molar-refractivity contribution in [2.24, 2.45) is 0 Å².